The van der Waals surface area contributed by atoms with E-state index in [0.29, 0.717) is 11.3 Å². The van der Waals surface area contributed by atoms with Gasteiger partial charge in [-0.2, -0.15) is 0 Å². The van der Waals surface area contributed by atoms with E-state index in [1.54, 1.807) is 0 Å². The van der Waals surface area contributed by atoms with Gasteiger partial charge in [0.1, 0.15) is 0 Å². The molecule has 1 N–H and O–H groups in total. The van der Waals surface area contributed by atoms with E-state index in [1.807, 2.05) is 0 Å². The molecule has 0 aromatic carbocycles. The SMILES string of the molecule is CCNC(C)CCCCS(=O)C1CCCCC1. The minimum absolute atomic E-state index is 0.523. The molecule has 0 aromatic rings. The highest BCUT2D eigenvalue weighted by Gasteiger charge is 2.18. The molecule has 0 spiro atoms. The van der Waals surface area contributed by atoms with Crippen LogP contribution in [0.2, 0.25) is 0 Å². The Bertz CT molecular complexity index is 214. The zero-order valence-electron chi connectivity index (χ0n) is 11.5. The van der Waals surface area contributed by atoms with E-state index in [9.17, 15) is 4.21 Å². The molecule has 0 saturated heterocycles. The zero-order chi connectivity index (χ0) is 12.5. The fourth-order valence-corrected chi connectivity index (χ4v) is 4.32. The highest BCUT2D eigenvalue weighted by Crippen LogP contribution is 2.22. The molecule has 1 aliphatic carbocycles. The first-order valence-corrected chi connectivity index (χ1v) is 8.72. The molecular weight excluding hydrogens is 230 g/mol. The molecule has 1 rings (SSSR count). The highest BCUT2D eigenvalue weighted by molar-refractivity contribution is 7.85. The monoisotopic (exact) mass is 259 g/mol. The van der Waals surface area contributed by atoms with Gasteiger partial charge in [-0.1, -0.05) is 32.6 Å². The van der Waals surface area contributed by atoms with Crippen molar-refractivity contribution in [3.05, 3.63) is 0 Å². The lowest BCUT2D eigenvalue weighted by Crippen LogP contribution is -2.25. The fraction of sp³-hybridized carbons (Fsp3) is 1.00. The molecule has 2 atom stereocenters. The van der Waals surface area contributed by atoms with Crippen LogP contribution in [0.1, 0.15) is 65.2 Å². The molecule has 1 saturated carbocycles. The number of nitrogens with one attached hydrogen (secondary N) is 1. The molecule has 2 unspecified atom stereocenters. The van der Waals surface area contributed by atoms with Gasteiger partial charge in [-0.05, 0) is 39.2 Å². The lowest BCUT2D eigenvalue weighted by molar-refractivity contribution is 0.498. The van der Waals surface area contributed by atoms with E-state index in [4.69, 9.17) is 0 Å². The topological polar surface area (TPSA) is 29.1 Å². The van der Waals surface area contributed by atoms with Crippen LogP contribution < -0.4 is 5.32 Å². The first-order valence-electron chi connectivity index (χ1n) is 7.34. The van der Waals surface area contributed by atoms with Crippen molar-refractivity contribution >= 4 is 10.8 Å². The maximum absolute atomic E-state index is 12.1. The van der Waals surface area contributed by atoms with Crippen LogP contribution in [0, 0.1) is 0 Å². The van der Waals surface area contributed by atoms with E-state index in [1.165, 1.54) is 44.9 Å². The maximum Gasteiger partial charge on any atom is 0.0348 e. The third-order valence-electron chi connectivity index (χ3n) is 3.71. The molecule has 3 heteroatoms. The molecule has 102 valence electrons. The number of unbranched alkanes of at least 4 members (excludes halogenated alkanes) is 1. The summed E-state index contributed by atoms with van der Waals surface area (Å²) in [7, 11) is -0.545. The fourth-order valence-electron chi connectivity index (χ4n) is 2.64. The standard InChI is InChI=1S/C14H29NOS/c1-3-15-13(2)9-7-8-12-17(16)14-10-5-4-6-11-14/h13-15H,3-12H2,1-2H3. The Morgan fingerprint density at radius 2 is 1.94 bits per heavy atom. The summed E-state index contributed by atoms with van der Waals surface area (Å²) < 4.78 is 12.1. The van der Waals surface area contributed by atoms with Crippen LogP contribution in [0.5, 0.6) is 0 Å². The van der Waals surface area contributed by atoms with Crippen molar-refractivity contribution in [2.24, 2.45) is 0 Å². The second kappa shape index (κ2) is 9.09. The predicted molar refractivity (Wildman–Crippen MR) is 76.9 cm³/mol. The van der Waals surface area contributed by atoms with Gasteiger partial charge in [-0.3, -0.25) is 4.21 Å². The second-order valence-electron chi connectivity index (χ2n) is 5.30. The molecule has 0 amide bonds. The molecular formula is C14H29NOS. The van der Waals surface area contributed by atoms with Crippen molar-refractivity contribution in [3.63, 3.8) is 0 Å². The molecule has 17 heavy (non-hydrogen) atoms. The van der Waals surface area contributed by atoms with Crippen LogP contribution in [0.15, 0.2) is 0 Å². The number of hydrogen-bond donors (Lipinski definition) is 1. The van der Waals surface area contributed by atoms with E-state index >= 15 is 0 Å². The Balaban J connectivity index is 2.03. The summed E-state index contributed by atoms with van der Waals surface area (Å²) in [6, 6.07) is 0.614. The van der Waals surface area contributed by atoms with E-state index in [2.05, 4.69) is 19.2 Å². The summed E-state index contributed by atoms with van der Waals surface area (Å²) in [5.74, 6) is 0.934. The Morgan fingerprint density at radius 3 is 2.59 bits per heavy atom. The Labute approximate surface area is 109 Å². The summed E-state index contributed by atoms with van der Waals surface area (Å²) in [6.07, 6.45) is 9.94. The smallest absolute Gasteiger partial charge is 0.0348 e. The molecule has 0 bridgehead atoms. The summed E-state index contributed by atoms with van der Waals surface area (Å²) >= 11 is 0. The van der Waals surface area contributed by atoms with Crippen LogP contribution in [0.25, 0.3) is 0 Å². The highest BCUT2D eigenvalue weighted by atomic mass is 32.2. The summed E-state index contributed by atoms with van der Waals surface area (Å²) in [5.41, 5.74) is 0. The van der Waals surface area contributed by atoms with Crippen molar-refractivity contribution in [2.45, 2.75) is 76.5 Å². The summed E-state index contributed by atoms with van der Waals surface area (Å²) in [5, 5.41) is 3.94. The average molecular weight is 259 g/mol. The van der Waals surface area contributed by atoms with E-state index in [0.717, 1.165) is 18.7 Å². The molecule has 0 heterocycles. The molecule has 1 fully saturated rings. The Kier molecular flexibility index (Phi) is 8.12. The largest absolute Gasteiger partial charge is 0.315 e. The summed E-state index contributed by atoms with van der Waals surface area (Å²) in [6.45, 7) is 5.44. The minimum atomic E-state index is -0.545. The van der Waals surface area contributed by atoms with Gasteiger partial charge in [0.2, 0.25) is 0 Å². The Hall–Kier alpha value is 0.110. The third kappa shape index (κ3) is 6.56. The van der Waals surface area contributed by atoms with Gasteiger partial charge in [0, 0.05) is 27.8 Å². The molecule has 0 radical (unpaired) electrons. The number of rotatable bonds is 8. The van der Waals surface area contributed by atoms with Crippen molar-refractivity contribution in [2.75, 3.05) is 12.3 Å². The first kappa shape index (κ1) is 15.2. The second-order valence-corrected chi connectivity index (χ2v) is 7.14. The van der Waals surface area contributed by atoms with Gasteiger partial charge < -0.3 is 5.32 Å². The van der Waals surface area contributed by atoms with Crippen LogP contribution in [-0.4, -0.2) is 27.8 Å². The zero-order valence-corrected chi connectivity index (χ0v) is 12.4. The van der Waals surface area contributed by atoms with Crippen molar-refractivity contribution < 1.29 is 4.21 Å². The van der Waals surface area contributed by atoms with Gasteiger partial charge in [0.05, 0.1) is 0 Å². The van der Waals surface area contributed by atoms with Crippen LogP contribution >= 0.6 is 0 Å². The lowest BCUT2D eigenvalue weighted by Gasteiger charge is -2.21. The van der Waals surface area contributed by atoms with Crippen molar-refractivity contribution in [1.29, 1.82) is 0 Å². The minimum Gasteiger partial charge on any atom is -0.315 e. The quantitative estimate of drug-likeness (QED) is 0.678. The Morgan fingerprint density at radius 1 is 1.24 bits per heavy atom. The molecule has 0 aliphatic heterocycles. The first-order chi connectivity index (χ1) is 8.24. The molecule has 0 aromatic heterocycles. The number of hydrogen-bond acceptors (Lipinski definition) is 2. The molecule has 2 nitrogen and oxygen atoms in total. The normalized spacial score (nSPS) is 21.3. The van der Waals surface area contributed by atoms with Gasteiger partial charge in [0.15, 0.2) is 0 Å². The lowest BCUT2D eigenvalue weighted by atomic mass is 10.0. The van der Waals surface area contributed by atoms with Crippen molar-refractivity contribution in [1.82, 2.24) is 5.32 Å². The van der Waals surface area contributed by atoms with Crippen LogP contribution in [-0.2, 0) is 10.8 Å². The predicted octanol–water partition coefficient (Wildman–Crippen LogP) is 3.24. The van der Waals surface area contributed by atoms with Gasteiger partial charge in [-0.15, -0.1) is 0 Å². The van der Waals surface area contributed by atoms with Gasteiger partial charge in [0.25, 0.3) is 0 Å². The summed E-state index contributed by atoms with van der Waals surface area (Å²) in [4.78, 5) is 0. The van der Waals surface area contributed by atoms with E-state index in [-0.39, 0.29) is 0 Å². The van der Waals surface area contributed by atoms with Gasteiger partial charge in [-0.25, -0.2) is 0 Å². The van der Waals surface area contributed by atoms with Crippen LogP contribution in [0.4, 0.5) is 0 Å². The molecule has 1 aliphatic rings. The van der Waals surface area contributed by atoms with Crippen LogP contribution in [0.3, 0.4) is 0 Å². The average Bonchev–Trinajstić information content (AvgIpc) is 2.36. The van der Waals surface area contributed by atoms with Gasteiger partial charge >= 0.3 is 0 Å². The maximum atomic E-state index is 12.1. The van der Waals surface area contributed by atoms with E-state index < -0.39 is 10.8 Å². The third-order valence-corrected chi connectivity index (χ3v) is 5.62. The van der Waals surface area contributed by atoms with Crippen molar-refractivity contribution in [3.8, 4) is 0 Å².